The highest BCUT2D eigenvalue weighted by atomic mass is 32.2. The third kappa shape index (κ3) is 4.29. The van der Waals surface area contributed by atoms with Gasteiger partial charge >= 0.3 is 0 Å². The van der Waals surface area contributed by atoms with Crippen LogP contribution in [0.4, 0.5) is 0 Å². The van der Waals surface area contributed by atoms with Gasteiger partial charge in [0.25, 0.3) is 5.56 Å². The van der Waals surface area contributed by atoms with Crippen LogP contribution in [0.1, 0.15) is 16.0 Å². The van der Waals surface area contributed by atoms with E-state index < -0.39 is 10.0 Å². The molecule has 3 rings (SSSR count). The third-order valence-electron chi connectivity index (χ3n) is 4.46. The highest BCUT2D eigenvalue weighted by molar-refractivity contribution is 7.89. The van der Waals surface area contributed by atoms with Crippen LogP contribution in [0.5, 0.6) is 0 Å². The molecule has 2 aromatic heterocycles. The molecule has 0 atom stereocenters. The molecule has 28 heavy (non-hydrogen) atoms. The molecule has 148 valence electrons. The molecule has 0 fully saturated rings. The zero-order valence-corrected chi connectivity index (χ0v) is 17.1. The molecular formula is C18H20N4O4S2. The van der Waals surface area contributed by atoms with Gasteiger partial charge in [0.15, 0.2) is 0 Å². The molecule has 3 aromatic rings. The topological polar surface area (TPSA) is 124 Å². The number of nitrogens with one attached hydrogen (secondary N) is 1. The standard InChI is InChI=1S/C18H20N4O4S2/c1-11-12(2)27-17-16(11)18(24)22(10-21-17)9-15(23)20-8-7-13-3-5-14(6-4-13)28(19,25)26/h3-6,10H,7-9H2,1-2H3,(H,20,23)(H2,19,25,26). The predicted octanol–water partition coefficient (Wildman–Crippen LogP) is 1.08. The number of benzene rings is 1. The van der Waals surface area contributed by atoms with Crippen molar-refractivity contribution in [3.63, 3.8) is 0 Å². The number of amides is 1. The van der Waals surface area contributed by atoms with E-state index in [1.807, 2.05) is 13.8 Å². The van der Waals surface area contributed by atoms with Crippen LogP contribution in [0.3, 0.4) is 0 Å². The third-order valence-corrected chi connectivity index (χ3v) is 6.50. The quantitative estimate of drug-likeness (QED) is 0.617. The molecule has 10 heteroatoms. The van der Waals surface area contributed by atoms with Gasteiger partial charge in [-0.05, 0) is 43.5 Å². The van der Waals surface area contributed by atoms with Gasteiger partial charge in [-0.1, -0.05) is 12.1 Å². The molecule has 0 unspecified atom stereocenters. The van der Waals surface area contributed by atoms with E-state index in [0.717, 1.165) is 16.0 Å². The van der Waals surface area contributed by atoms with E-state index in [1.165, 1.54) is 34.4 Å². The normalized spacial score (nSPS) is 11.7. The fourth-order valence-corrected chi connectivity index (χ4v) is 4.29. The molecular weight excluding hydrogens is 400 g/mol. The molecule has 0 bridgehead atoms. The van der Waals surface area contributed by atoms with Gasteiger partial charge in [-0.2, -0.15) is 0 Å². The smallest absolute Gasteiger partial charge is 0.262 e. The van der Waals surface area contributed by atoms with Crippen molar-refractivity contribution in [1.29, 1.82) is 0 Å². The number of primary sulfonamides is 1. The first-order valence-electron chi connectivity index (χ1n) is 8.50. The number of hydrogen-bond acceptors (Lipinski definition) is 6. The van der Waals surface area contributed by atoms with Gasteiger partial charge in [0, 0.05) is 11.4 Å². The number of thiophene rings is 1. The van der Waals surface area contributed by atoms with Gasteiger partial charge in [-0.3, -0.25) is 14.2 Å². The summed E-state index contributed by atoms with van der Waals surface area (Å²) in [7, 11) is -3.72. The summed E-state index contributed by atoms with van der Waals surface area (Å²) in [6.45, 7) is 4.06. The summed E-state index contributed by atoms with van der Waals surface area (Å²) in [5.41, 5.74) is 1.54. The Bertz CT molecular complexity index is 1190. The molecule has 8 nitrogen and oxygen atoms in total. The van der Waals surface area contributed by atoms with Crippen LogP contribution in [0.25, 0.3) is 10.2 Å². The summed E-state index contributed by atoms with van der Waals surface area (Å²) in [4.78, 5) is 30.8. The highest BCUT2D eigenvalue weighted by Crippen LogP contribution is 2.25. The van der Waals surface area contributed by atoms with Crippen molar-refractivity contribution in [3.05, 3.63) is 57.0 Å². The van der Waals surface area contributed by atoms with Crippen molar-refractivity contribution in [2.24, 2.45) is 5.14 Å². The number of carbonyl (C=O) groups excluding carboxylic acids is 1. The average molecular weight is 421 g/mol. The van der Waals surface area contributed by atoms with E-state index in [0.29, 0.717) is 23.2 Å². The van der Waals surface area contributed by atoms with Gasteiger partial charge in [-0.25, -0.2) is 18.5 Å². The lowest BCUT2D eigenvalue weighted by Crippen LogP contribution is -2.33. The Morgan fingerprint density at radius 3 is 2.57 bits per heavy atom. The molecule has 3 N–H and O–H groups in total. The van der Waals surface area contributed by atoms with Crippen LogP contribution in [0.15, 0.2) is 40.3 Å². The summed E-state index contributed by atoms with van der Waals surface area (Å²) < 4.78 is 23.8. The second-order valence-electron chi connectivity index (χ2n) is 6.43. The molecule has 0 aliphatic rings. The first kappa shape index (κ1) is 20.2. The van der Waals surface area contributed by atoms with E-state index in [2.05, 4.69) is 10.3 Å². The molecule has 0 spiro atoms. The minimum absolute atomic E-state index is 0.0431. The monoisotopic (exact) mass is 420 g/mol. The molecule has 2 heterocycles. The van der Waals surface area contributed by atoms with Gasteiger partial charge in [0.1, 0.15) is 11.4 Å². The zero-order chi connectivity index (χ0) is 20.5. The van der Waals surface area contributed by atoms with Crippen molar-refractivity contribution in [1.82, 2.24) is 14.9 Å². The summed E-state index contributed by atoms with van der Waals surface area (Å²) >= 11 is 1.46. The first-order valence-corrected chi connectivity index (χ1v) is 10.9. The summed E-state index contributed by atoms with van der Waals surface area (Å²) in [5.74, 6) is -0.297. The van der Waals surface area contributed by atoms with Crippen LogP contribution in [-0.2, 0) is 27.8 Å². The number of hydrogen-bond donors (Lipinski definition) is 2. The van der Waals surface area contributed by atoms with Gasteiger partial charge < -0.3 is 5.32 Å². The highest BCUT2D eigenvalue weighted by Gasteiger charge is 2.13. The number of sulfonamides is 1. The second kappa shape index (κ2) is 7.82. The molecule has 1 aromatic carbocycles. The minimum atomic E-state index is -3.72. The van der Waals surface area contributed by atoms with Crippen molar-refractivity contribution in [3.8, 4) is 0 Å². The van der Waals surface area contributed by atoms with Crippen molar-refractivity contribution in [2.75, 3.05) is 6.54 Å². The van der Waals surface area contributed by atoms with E-state index in [9.17, 15) is 18.0 Å². The molecule has 0 saturated carbocycles. The number of aromatic nitrogens is 2. The molecule has 0 saturated heterocycles. The Balaban J connectivity index is 1.60. The van der Waals surface area contributed by atoms with E-state index >= 15 is 0 Å². The Morgan fingerprint density at radius 1 is 1.25 bits per heavy atom. The average Bonchev–Trinajstić information content (AvgIpc) is 2.92. The lowest BCUT2D eigenvalue weighted by Gasteiger charge is -2.08. The molecule has 0 aliphatic heterocycles. The Kier molecular flexibility index (Phi) is 5.64. The maximum atomic E-state index is 12.6. The molecule has 0 aliphatic carbocycles. The number of nitrogens with two attached hydrogens (primary N) is 1. The number of rotatable bonds is 6. The van der Waals surface area contributed by atoms with Crippen LogP contribution in [0.2, 0.25) is 0 Å². The molecule has 0 radical (unpaired) electrons. The van der Waals surface area contributed by atoms with Crippen molar-refractivity contribution >= 4 is 37.5 Å². The lowest BCUT2D eigenvalue weighted by atomic mass is 10.1. The Labute approximate surface area is 166 Å². The first-order chi connectivity index (χ1) is 13.2. The van der Waals surface area contributed by atoms with E-state index in [1.54, 1.807) is 12.1 Å². The summed E-state index contributed by atoms with van der Waals surface area (Å²) in [6, 6.07) is 6.15. The van der Waals surface area contributed by atoms with E-state index in [-0.39, 0.29) is 22.9 Å². The van der Waals surface area contributed by atoms with Gasteiger partial charge in [0.05, 0.1) is 16.6 Å². The predicted molar refractivity (Wildman–Crippen MR) is 108 cm³/mol. The van der Waals surface area contributed by atoms with Crippen LogP contribution >= 0.6 is 11.3 Å². The van der Waals surface area contributed by atoms with E-state index in [4.69, 9.17) is 5.14 Å². The maximum Gasteiger partial charge on any atom is 0.262 e. The Hall–Kier alpha value is -2.56. The number of fused-ring (bicyclic) bond motifs is 1. The van der Waals surface area contributed by atoms with Crippen LogP contribution in [0, 0.1) is 13.8 Å². The van der Waals surface area contributed by atoms with Crippen molar-refractivity contribution in [2.45, 2.75) is 31.7 Å². The number of carbonyl (C=O) groups is 1. The van der Waals surface area contributed by atoms with Gasteiger partial charge in [0.2, 0.25) is 15.9 Å². The minimum Gasteiger partial charge on any atom is -0.354 e. The van der Waals surface area contributed by atoms with Crippen LogP contribution < -0.4 is 16.0 Å². The van der Waals surface area contributed by atoms with Crippen molar-refractivity contribution < 1.29 is 13.2 Å². The largest absolute Gasteiger partial charge is 0.354 e. The van der Waals surface area contributed by atoms with Gasteiger partial charge in [-0.15, -0.1) is 11.3 Å². The molecule has 1 amide bonds. The number of aryl methyl sites for hydroxylation is 2. The number of nitrogens with zero attached hydrogens (tertiary/aromatic N) is 2. The Morgan fingerprint density at radius 2 is 1.93 bits per heavy atom. The SMILES string of the molecule is Cc1sc2ncn(CC(=O)NCCc3ccc(S(N)(=O)=O)cc3)c(=O)c2c1C. The maximum absolute atomic E-state index is 12.6. The van der Waals surface area contributed by atoms with Crippen LogP contribution in [-0.4, -0.2) is 30.4 Å². The zero-order valence-electron chi connectivity index (χ0n) is 15.4. The summed E-state index contributed by atoms with van der Waals surface area (Å²) in [6.07, 6.45) is 1.91. The fraction of sp³-hybridized carbons (Fsp3) is 0.278. The summed E-state index contributed by atoms with van der Waals surface area (Å²) in [5, 5.41) is 8.38. The fourth-order valence-electron chi connectivity index (χ4n) is 2.79. The second-order valence-corrected chi connectivity index (χ2v) is 9.19. The lowest BCUT2D eigenvalue weighted by molar-refractivity contribution is -0.121.